The summed E-state index contributed by atoms with van der Waals surface area (Å²) in [5, 5.41) is 7.54. The van der Waals surface area contributed by atoms with Gasteiger partial charge >= 0.3 is 0 Å². The molecule has 0 saturated heterocycles. The first kappa shape index (κ1) is 11.7. The molecule has 0 saturated carbocycles. The average Bonchev–Trinajstić information content (AvgIpc) is 2.96. The van der Waals surface area contributed by atoms with Crippen LogP contribution >= 0.6 is 34.5 Å². The van der Waals surface area contributed by atoms with Crippen molar-refractivity contribution in [1.82, 2.24) is 15.2 Å². The van der Waals surface area contributed by atoms with Gasteiger partial charge < -0.3 is 0 Å². The Labute approximate surface area is 117 Å². The van der Waals surface area contributed by atoms with Gasteiger partial charge in [0.25, 0.3) is 0 Å². The molecule has 3 rings (SSSR count). The van der Waals surface area contributed by atoms with E-state index in [2.05, 4.69) is 15.2 Å². The molecule has 0 bridgehead atoms. The zero-order valence-corrected chi connectivity index (χ0v) is 11.4. The van der Waals surface area contributed by atoms with Crippen LogP contribution in [-0.2, 0) is 0 Å². The summed E-state index contributed by atoms with van der Waals surface area (Å²) in [4.78, 5) is 5.01. The molecule has 0 radical (unpaired) electrons. The van der Waals surface area contributed by atoms with Crippen molar-refractivity contribution in [3.63, 3.8) is 0 Å². The van der Waals surface area contributed by atoms with Gasteiger partial charge in [0.2, 0.25) is 0 Å². The smallest absolute Gasteiger partial charge is 0.129 e. The number of hydrogen-bond donors (Lipinski definition) is 1. The van der Waals surface area contributed by atoms with Gasteiger partial charge in [0.05, 0.1) is 21.1 Å². The number of thiophene rings is 1. The quantitative estimate of drug-likeness (QED) is 0.707. The van der Waals surface area contributed by atoms with Gasteiger partial charge in [-0.25, -0.2) is 4.98 Å². The van der Waals surface area contributed by atoms with Crippen molar-refractivity contribution in [1.29, 1.82) is 0 Å². The molecule has 0 fully saturated rings. The van der Waals surface area contributed by atoms with Crippen LogP contribution in [0.3, 0.4) is 0 Å². The van der Waals surface area contributed by atoms with Gasteiger partial charge in [0.1, 0.15) is 5.15 Å². The van der Waals surface area contributed by atoms with Gasteiger partial charge in [-0.1, -0.05) is 23.2 Å². The minimum absolute atomic E-state index is 0.462. The van der Waals surface area contributed by atoms with E-state index in [4.69, 9.17) is 23.2 Å². The Hall–Kier alpha value is -1.36. The summed E-state index contributed by atoms with van der Waals surface area (Å²) >= 11 is 13.4. The molecule has 0 unspecified atom stereocenters. The highest BCUT2D eigenvalue weighted by molar-refractivity contribution is 7.19. The molecular formula is C12H7Cl2N3S. The van der Waals surface area contributed by atoms with Crippen LogP contribution in [0.25, 0.3) is 21.7 Å². The van der Waals surface area contributed by atoms with E-state index in [0.717, 1.165) is 26.0 Å². The molecule has 3 aromatic rings. The van der Waals surface area contributed by atoms with Gasteiger partial charge in [0, 0.05) is 11.8 Å². The molecule has 0 aromatic carbocycles. The van der Waals surface area contributed by atoms with Crippen LogP contribution in [-0.4, -0.2) is 15.2 Å². The molecular weight excluding hydrogens is 289 g/mol. The van der Waals surface area contributed by atoms with Crippen LogP contribution in [0.15, 0.2) is 36.7 Å². The number of rotatable bonds is 2. The van der Waals surface area contributed by atoms with Gasteiger partial charge in [-0.3, -0.25) is 5.10 Å². The Kier molecular flexibility index (Phi) is 3.07. The normalized spacial score (nSPS) is 10.8. The number of hydrogen-bond acceptors (Lipinski definition) is 3. The fraction of sp³-hybridized carbons (Fsp3) is 0. The van der Waals surface area contributed by atoms with Crippen molar-refractivity contribution in [2.45, 2.75) is 0 Å². The number of nitrogens with zero attached hydrogens (tertiary/aromatic N) is 2. The Bertz CT molecular complexity index is 690. The maximum absolute atomic E-state index is 5.95. The van der Waals surface area contributed by atoms with Crippen molar-refractivity contribution in [3.05, 3.63) is 46.1 Å². The third-order valence-corrected chi connectivity index (χ3v) is 3.95. The molecule has 1 N–H and O–H groups in total. The van der Waals surface area contributed by atoms with E-state index < -0.39 is 0 Å². The highest BCUT2D eigenvalue weighted by Gasteiger charge is 2.12. The molecule has 0 atom stereocenters. The zero-order chi connectivity index (χ0) is 12.5. The standard InChI is InChI=1S/C12H7Cl2N3S/c13-10-5-7(3-4-15-10)8-6-16-17-12(8)9-1-2-11(14)18-9/h1-6H,(H,16,17). The number of halogens is 2. The second-order valence-electron chi connectivity index (χ2n) is 3.63. The lowest BCUT2D eigenvalue weighted by atomic mass is 10.1. The summed E-state index contributed by atoms with van der Waals surface area (Å²) in [6, 6.07) is 7.54. The number of aromatic amines is 1. The highest BCUT2D eigenvalue weighted by atomic mass is 35.5. The van der Waals surface area contributed by atoms with Crippen LogP contribution in [0, 0.1) is 0 Å². The van der Waals surface area contributed by atoms with Crippen molar-refractivity contribution >= 4 is 34.5 Å². The molecule has 3 heterocycles. The Balaban J connectivity index is 2.12. The van der Waals surface area contributed by atoms with Crippen molar-refractivity contribution in [3.8, 4) is 21.7 Å². The summed E-state index contributed by atoms with van der Waals surface area (Å²) in [6.07, 6.45) is 3.45. The molecule has 6 heteroatoms. The Morgan fingerprint density at radius 1 is 1.17 bits per heavy atom. The third kappa shape index (κ3) is 2.14. The zero-order valence-electron chi connectivity index (χ0n) is 9.02. The maximum Gasteiger partial charge on any atom is 0.129 e. The van der Waals surface area contributed by atoms with Gasteiger partial charge in [-0.2, -0.15) is 5.10 Å². The molecule has 0 spiro atoms. The minimum atomic E-state index is 0.462. The second-order valence-corrected chi connectivity index (χ2v) is 5.73. The highest BCUT2D eigenvalue weighted by Crippen LogP contribution is 2.36. The van der Waals surface area contributed by atoms with Crippen LogP contribution in [0.5, 0.6) is 0 Å². The Morgan fingerprint density at radius 3 is 2.78 bits per heavy atom. The lowest BCUT2D eigenvalue weighted by Gasteiger charge is -2.01. The maximum atomic E-state index is 5.95. The Morgan fingerprint density at radius 2 is 2.06 bits per heavy atom. The fourth-order valence-electron chi connectivity index (χ4n) is 1.71. The summed E-state index contributed by atoms with van der Waals surface area (Å²) in [6.45, 7) is 0. The molecule has 90 valence electrons. The van der Waals surface area contributed by atoms with E-state index in [1.807, 2.05) is 24.3 Å². The molecule has 0 aliphatic heterocycles. The first-order valence-electron chi connectivity index (χ1n) is 5.15. The molecule has 3 aromatic heterocycles. The van der Waals surface area contributed by atoms with Gasteiger partial charge in [0.15, 0.2) is 0 Å². The number of nitrogens with one attached hydrogen (secondary N) is 1. The van der Waals surface area contributed by atoms with E-state index in [1.54, 1.807) is 12.4 Å². The topological polar surface area (TPSA) is 41.6 Å². The van der Waals surface area contributed by atoms with Crippen LogP contribution in [0.4, 0.5) is 0 Å². The molecule has 0 aliphatic carbocycles. The fourth-order valence-corrected chi connectivity index (χ4v) is 2.94. The SMILES string of the molecule is Clc1cc(-c2cn[nH]c2-c2ccc(Cl)s2)ccn1. The van der Waals surface area contributed by atoms with E-state index in [0.29, 0.717) is 5.15 Å². The second kappa shape index (κ2) is 4.72. The summed E-state index contributed by atoms with van der Waals surface area (Å²) in [5.41, 5.74) is 2.90. The molecule has 18 heavy (non-hydrogen) atoms. The summed E-state index contributed by atoms with van der Waals surface area (Å²) < 4.78 is 0.748. The largest absolute Gasteiger partial charge is 0.276 e. The molecule has 3 nitrogen and oxygen atoms in total. The van der Waals surface area contributed by atoms with Gasteiger partial charge in [-0.15, -0.1) is 11.3 Å². The minimum Gasteiger partial charge on any atom is -0.276 e. The third-order valence-electron chi connectivity index (χ3n) is 2.50. The van der Waals surface area contributed by atoms with Crippen molar-refractivity contribution < 1.29 is 0 Å². The van der Waals surface area contributed by atoms with Crippen LogP contribution < -0.4 is 0 Å². The summed E-state index contributed by atoms with van der Waals surface area (Å²) in [7, 11) is 0. The van der Waals surface area contributed by atoms with E-state index in [1.165, 1.54) is 11.3 Å². The predicted octanol–water partition coefficient (Wildman–Crippen LogP) is 4.51. The van der Waals surface area contributed by atoms with Gasteiger partial charge in [-0.05, 0) is 29.8 Å². The number of pyridine rings is 1. The first-order valence-corrected chi connectivity index (χ1v) is 6.72. The van der Waals surface area contributed by atoms with Crippen molar-refractivity contribution in [2.24, 2.45) is 0 Å². The lowest BCUT2D eigenvalue weighted by Crippen LogP contribution is -1.81. The van der Waals surface area contributed by atoms with E-state index in [-0.39, 0.29) is 0 Å². The lowest BCUT2D eigenvalue weighted by molar-refractivity contribution is 1.10. The number of aromatic nitrogens is 3. The molecule has 0 amide bonds. The van der Waals surface area contributed by atoms with Crippen LogP contribution in [0.1, 0.15) is 0 Å². The van der Waals surface area contributed by atoms with Crippen LogP contribution in [0.2, 0.25) is 9.49 Å². The monoisotopic (exact) mass is 295 g/mol. The predicted molar refractivity (Wildman–Crippen MR) is 75.2 cm³/mol. The summed E-state index contributed by atoms with van der Waals surface area (Å²) in [5.74, 6) is 0. The van der Waals surface area contributed by atoms with E-state index >= 15 is 0 Å². The first-order chi connectivity index (χ1) is 8.74. The van der Waals surface area contributed by atoms with E-state index in [9.17, 15) is 0 Å². The molecule has 0 aliphatic rings. The van der Waals surface area contributed by atoms with Crippen molar-refractivity contribution in [2.75, 3.05) is 0 Å². The number of H-pyrrole nitrogens is 1. The average molecular weight is 296 g/mol.